The molecule has 7 heteroatoms. The summed E-state index contributed by atoms with van der Waals surface area (Å²) < 4.78 is 5.49. The molecular weight excluding hydrogens is 394 g/mol. The number of halogens is 1. The molecule has 0 saturated carbocycles. The highest BCUT2D eigenvalue weighted by Crippen LogP contribution is 2.28. The summed E-state index contributed by atoms with van der Waals surface area (Å²) >= 11 is 7.98. The quantitative estimate of drug-likeness (QED) is 0.692. The number of rotatable bonds is 8. The largest absolute Gasteiger partial charge is 0.379 e. The van der Waals surface area contributed by atoms with Crippen LogP contribution < -0.4 is 5.32 Å². The Labute approximate surface area is 176 Å². The van der Waals surface area contributed by atoms with Gasteiger partial charge in [-0.05, 0) is 31.4 Å². The summed E-state index contributed by atoms with van der Waals surface area (Å²) in [6.45, 7) is 7.62. The number of benzene rings is 1. The van der Waals surface area contributed by atoms with E-state index in [0.29, 0.717) is 24.6 Å². The molecule has 152 valence electrons. The number of unbranched alkanes of at least 4 members (excludes halogenated alkanes) is 1. The van der Waals surface area contributed by atoms with Gasteiger partial charge in [-0.2, -0.15) is 0 Å². The number of amides is 1. The number of thiazole rings is 1. The van der Waals surface area contributed by atoms with Crippen molar-refractivity contribution in [2.75, 3.05) is 32.8 Å². The number of hydrogen-bond donors (Lipinski definition) is 1. The maximum atomic E-state index is 12.8. The van der Waals surface area contributed by atoms with Gasteiger partial charge in [0.2, 0.25) is 0 Å². The molecule has 1 amide bonds. The number of aromatic nitrogens is 1. The minimum atomic E-state index is -0.0527. The van der Waals surface area contributed by atoms with E-state index in [2.05, 4.69) is 22.1 Å². The van der Waals surface area contributed by atoms with Crippen molar-refractivity contribution < 1.29 is 9.53 Å². The van der Waals surface area contributed by atoms with E-state index in [9.17, 15) is 4.79 Å². The van der Waals surface area contributed by atoms with Crippen LogP contribution in [0.2, 0.25) is 5.02 Å². The normalized spacial score (nSPS) is 16.1. The first-order chi connectivity index (χ1) is 13.6. The Morgan fingerprint density at radius 2 is 2.11 bits per heavy atom. The third-order valence-electron chi connectivity index (χ3n) is 5.00. The zero-order valence-corrected chi connectivity index (χ0v) is 18.1. The van der Waals surface area contributed by atoms with E-state index in [-0.39, 0.29) is 11.9 Å². The molecule has 0 bridgehead atoms. The summed E-state index contributed by atoms with van der Waals surface area (Å²) in [6.07, 6.45) is 3.16. The van der Waals surface area contributed by atoms with Crippen LogP contribution in [0.1, 0.15) is 51.7 Å². The minimum absolute atomic E-state index is 0.0225. The highest BCUT2D eigenvalue weighted by molar-refractivity contribution is 7.13. The van der Waals surface area contributed by atoms with E-state index < -0.39 is 0 Å². The third kappa shape index (κ3) is 5.32. The third-order valence-corrected chi connectivity index (χ3v) is 6.56. The van der Waals surface area contributed by atoms with Crippen molar-refractivity contribution in [2.24, 2.45) is 0 Å². The first-order valence-electron chi connectivity index (χ1n) is 9.91. The van der Waals surface area contributed by atoms with E-state index in [1.807, 2.05) is 31.2 Å². The molecule has 28 heavy (non-hydrogen) atoms. The van der Waals surface area contributed by atoms with E-state index in [1.165, 1.54) is 11.3 Å². The minimum Gasteiger partial charge on any atom is -0.379 e. The Hall–Kier alpha value is -1.47. The second-order valence-corrected chi connectivity index (χ2v) is 8.51. The second-order valence-electron chi connectivity index (χ2n) is 7.02. The molecule has 1 aromatic heterocycles. The molecule has 1 fully saturated rings. The van der Waals surface area contributed by atoms with E-state index >= 15 is 0 Å². The molecule has 1 N–H and O–H groups in total. The lowest BCUT2D eigenvalue weighted by atomic mass is 10.0. The summed E-state index contributed by atoms with van der Waals surface area (Å²) in [4.78, 5) is 20.5. The van der Waals surface area contributed by atoms with Crippen molar-refractivity contribution in [3.8, 4) is 0 Å². The second kappa shape index (κ2) is 10.3. The van der Waals surface area contributed by atoms with Crippen LogP contribution in [-0.2, 0) is 11.2 Å². The highest BCUT2D eigenvalue weighted by atomic mass is 35.5. The van der Waals surface area contributed by atoms with Gasteiger partial charge >= 0.3 is 0 Å². The fourth-order valence-electron chi connectivity index (χ4n) is 3.44. The number of hydrogen-bond acceptors (Lipinski definition) is 5. The predicted molar refractivity (Wildman–Crippen MR) is 114 cm³/mol. The van der Waals surface area contributed by atoms with Crippen molar-refractivity contribution >= 4 is 28.8 Å². The van der Waals surface area contributed by atoms with Gasteiger partial charge in [0, 0.05) is 24.7 Å². The highest BCUT2D eigenvalue weighted by Gasteiger charge is 2.25. The van der Waals surface area contributed by atoms with Crippen molar-refractivity contribution in [3.63, 3.8) is 0 Å². The fraction of sp³-hybridized carbons (Fsp3) is 0.524. The number of carbonyl (C=O) groups excluding carboxylic acids is 1. The summed E-state index contributed by atoms with van der Waals surface area (Å²) in [5.41, 5.74) is 1.85. The molecule has 2 aromatic rings. The van der Waals surface area contributed by atoms with Gasteiger partial charge in [-0.15, -0.1) is 11.3 Å². The molecule has 1 aromatic carbocycles. The lowest BCUT2D eigenvalue weighted by Gasteiger charge is -2.35. The van der Waals surface area contributed by atoms with Crippen LogP contribution in [-0.4, -0.2) is 48.6 Å². The molecule has 1 unspecified atom stereocenters. The summed E-state index contributed by atoms with van der Waals surface area (Å²) in [5.74, 6) is -0.0527. The Bertz CT molecular complexity index is 790. The van der Waals surface area contributed by atoms with Crippen LogP contribution in [0.5, 0.6) is 0 Å². The zero-order chi connectivity index (χ0) is 19.9. The molecule has 1 aliphatic heterocycles. The molecular formula is C21H28ClN3O2S. The van der Waals surface area contributed by atoms with E-state index in [1.54, 1.807) is 0 Å². The SMILES string of the molecule is CCCCc1nc(C)c(C(=O)NCC(c2ccccc2Cl)N2CCOCC2)s1. The fourth-order valence-corrected chi connectivity index (χ4v) is 4.72. The van der Waals surface area contributed by atoms with Gasteiger partial charge in [0.05, 0.1) is 30.0 Å². The average molecular weight is 422 g/mol. The standard InChI is InChI=1S/C21H28ClN3O2S/c1-3-4-9-19-24-15(2)20(28-19)21(26)23-14-18(25-10-12-27-13-11-25)16-7-5-6-8-17(16)22/h5-8,18H,3-4,9-14H2,1-2H3,(H,23,26). The van der Waals surface area contributed by atoms with Gasteiger partial charge in [-0.3, -0.25) is 9.69 Å². The molecule has 1 aliphatic rings. The Kier molecular flexibility index (Phi) is 7.85. The molecule has 0 radical (unpaired) electrons. The number of carbonyl (C=O) groups is 1. The Balaban J connectivity index is 1.72. The predicted octanol–water partition coefficient (Wildman–Crippen LogP) is 4.25. The molecule has 1 atom stereocenters. The topological polar surface area (TPSA) is 54.5 Å². The summed E-state index contributed by atoms with van der Waals surface area (Å²) in [5, 5.41) is 4.89. The average Bonchev–Trinajstić information content (AvgIpc) is 3.09. The first-order valence-corrected chi connectivity index (χ1v) is 11.1. The van der Waals surface area contributed by atoms with Gasteiger partial charge in [0.15, 0.2) is 0 Å². The summed E-state index contributed by atoms with van der Waals surface area (Å²) in [6, 6.07) is 7.88. The Morgan fingerprint density at radius 1 is 1.36 bits per heavy atom. The maximum absolute atomic E-state index is 12.8. The number of morpholine rings is 1. The van der Waals surface area contributed by atoms with Gasteiger partial charge in [0.1, 0.15) is 4.88 Å². The number of ether oxygens (including phenoxy) is 1. The van der Waals surface area contributed by atoms with Crippen molar-refractivity contribution in [3.05, 3.63) is 50.4 Å². The number of nitrogens with one attached hydrogen (secondary N) is 1. The van der Waals surface area contributed by atoms with Crippen LogP contribution in [0.15, 0.2) is 24.3 Å². The number of aryl methyl sites for hydroxylation is 2. The molecule has 2 heterocycles. The van der Waals surface area contributed by atoms with Crippen molar-refractivity contribution in [2.45, 2.75) is 39.2 Å². The molecule has 0 spiro atoms. The number of nitrogens with zero attached hydrogens (tertiary/aromatic N) is 2. The van der Waals surface area contributed by atoms with Crippen LogP contribution in [0.3, 0.4) is 0 Å². The van der Waals surface area contributed by atoms with Gasteiger partial charge < -0.3 is 10.1 Å². The Morgan fingerprint density at radius 3 is 2.82 bits per heavy atom. The zero-order valence-electron chi connectivity index (χ0n) is 16.5. The van der Waals surface area contributed by atoms with Crippen LogP contribution in [0, 0.1) is 6.92 Å². The first kappa shape index (κ1) is 21.2. The lowest BCUT2D eigenvalue weighted by Crippen LogP contribution is -2.43. The lowest BCUT2D eigenvalue weighted by molar-refractivity contribution is 0.0162. The van der Waals surface area contributed by atoms with Gasteiger partial charge in [0.25, 0.3) is 5.91 Å². The van der Waals surface area contributed by atoms with Crippen LogP contribution >= 0.6 is 22.9 Å². The molecule has 1 saturated heterocycles. The summed E-state index contributed by atoms with van der Waals surface area (Å²) in [7, 11) is 0. The van der Waals surface area contributed by atoms with Gasteiger partial charge in [-0.25, -0.2) is 4.98 Å². The molecule has 3 rings (SSSR count). The van der Waals surface area contributed by atoms with E-state index in [0.717, 1.165) is 53.6 Å². The van der Waals surface area contributed by atoms with Gasteiger partial charge in [-0.1, -0.05) is 43.1 Å². The molecule has 5 nitrogen and oxygen atoms in total. The molecule has 0 aliphatic carbocycles. The smallest absolute Gasteiger partial charge is 0.263 e. The van der Waals surface area contributed by atoms with E-state index in [4.69, 9.17) is 16.3 Å². The van der Waals surface area contributed by atoms with Crippen LogP contribution in [0.4, 0.5) is 0 Å². The van der Waals surface area contributed by atoms with Crippen LogP contribution in [0.25, 0.3) is 0 Å². The van der Waals surface area contributed by atoms with Crippen molar-refractivity contribution in [1.82, 2.24) is 15.2 Å². The monoisotopic (exact) mass is 421 g/mol. The maximum Gasteiger partial charge on any atom is 0.263 e. The van der Waals surface area contributed by atoms with Crippen molar-refractivity contribution in [1.29, 1.82) is 0 Å².